The lowest BCUT2D eigenvalue weighted by molar-refractivity contribution is -0.109. The number of rotatable bonds is 17. The van der Waals surface area contributed by atoms with Crippen LogP contribution < -0.4 is 30.6 Å². The first kappa shape index (κ1) is 58.0. The maximum Gasteiger partial charge on any atom is 0.339 e. The van der Waals surface area contributed by atoms with Gasteiger partial charge in [-0.2, -0.15) is 0 Å². The first-order chi connectivity index (χ1) is 32.2. The van der Waals surface area contributed by atoms with Crippen LogP contribution in [-0.4, -0.2) is 92.1 Å². The van der Waals surface area contributed by atoms with Crippen molar-refractivity contribution in [1.29, 1.82) is 0 Å². The van der Waals surface area contributed by atoms with Crippen LogP contribution in [0.1, 0.15) is 47.8 Å². The van der Waals surface area contributed by atoms with Crippen LogP contribution >= 0.6 is 47.2 Å². The van der Waals surface area contributed by atoms with E-state index in [9.17, 15) is 24.3 Å². The van der Waals surface area contributed by atoms with Crippen LogP contribution in [0.3, 0.4) is 0 Å². The fraction of sp³-hybridized carbons (Fsp3) is 0.216. The Morgan fingerprint density at radius 1 is 0.559 bits per heavy atom. The number of amides is 2. The molecular formula is C51H55Cl4N3O10. The molecule has 6 rings (SSSR count). The average Bonchev–Trinajstić information content (AvgIpc) is 3.34. The second kappa shape index (κ2) is 31.7. The van der Waals surface area contributed by atoms with E-state index in [-0.39, 0.29) is 49.2 Å². The molecule has 0 aliphatic heterocycles. The lowest BCUT2D eigenvalue weighted by Gasteiger charge is -2.17. The molecule has 0 saturated carbocycles. The van der Waals surface area contributed by atoms with Crippen LogP contribution in [0.2, 0.25) is 15.1 Å². The Morgan fingerprint density at radius 2 is 0.926 bits per heavy atom. The zero-order valence-corrected chi connectivity index (χ0v) is 40.6. The van der Waals surface area contributed by atoms with E-state index in [1.165, 1.54) is 45.1 Å². The van der Waals surface area contributed by atoms with Gasteiger partial charge in [0.15, 0.2) is 0 Å². The molecule has 0 aliphatic carbocycles. The number of nitrogens with one attached hydrogen (secondary N) is 2. The van der Waals surface area contributed by atoms with Crippen molar-refractivity contribution in [3.05, 3.63) is 194 Å². The topological polar surface area (TPSA) is 207 Å². The Bertz CT molecular complexity index is 2450. The molecule has 3 unspecified atom stereocenters. The van der Waals surface area contributed by atoms with Crippen LogP contribution in [0.5, 0.6) is 17.2 Å². The van der Waals surface area contributed by atoms with Crippen LogP contribution in [0.15, 0.2) is 146 Å². The summed E-state index contributed by atoms with van der Waals surface area (Å²) in [7, 11) is 4.38. The highest BCUT2D eigenvalue weighted by molar-refractivity contribution is 6.31. The average molecular weight is 1010 g/mol. The Labute approximate surface area is 417 Å². The van der Waals surface area contributed by atoms with Gasteiger partial charge in [0.05, 0.1) is 57.8 Å². The van der Waals surface area contributed by atoms with E-state index in [2.05, 4.69) is 10.6 Å². The third kappa shape index (κ3) is 20.4. The van der Waals surface area contributed by atoms with Crippen molar-refractivity contribution >= 4 is 71.3 Å². The molecule has 17 heteroatoms. The van der Waals surface area contributed by atoms with Gasteiger partial charge in [-0.15, -0.1) is 12.4 Å². The number of carboxylic acid groups (broad SMARTS) is 1. The summed E-state index contributed by atoms with van der Waals surface area (Å²) in [6, 6.07) is 42.0. The van der Waals surface area contributed by atoms with Crippen molar-refractivity contribution in [1.82, 2.24) is 10.6 Å². The van der Waals surface area contributed by atoms with Crippen LogP contribution in [0.4, 0.5) is 0 Å². The van der Waals surface area contributed by atoms with Crippen molar-refractivity contribution in [2.75, 3.05) is 34.5 Å². The number of carbonyl (C=O) groups excluding carboxylic acids is 3. The Hall–Kier alpha value is -6.16. The second-order valence-electron chi connectivity index (χ2n) is 14.4. The fourth-order valence-corrected chi connectivity index (χ4v) is 6.63. The standard InChI is InChI=1S/C17H18ClNO3.C17H16ClNO3.C9H13NO.C8H7ClO3.ClH/c2*1-22-16-8-7-13(18)10-15(16)17(21)19-14(11-20)9-12-5-3-2-4-6-12;10-9(7-11)6-8-4-2-1-3-5-8;1-12-7-3-2-5(9)4-6(7)8(10)11;/h2-8,10,14,20H,9,11H2,1H3,(H,19,21);2-8,10-11,14H,9H2,1H3,(H,19,21);1-5,9,11H,6-7,10H2;2-4H,1H3,(H,10,11);1H. The predicted octanol–water partition coefficient (Wildman–Crippen LogP) is 8.59. The molecule has 0 aliphatic rings. The number of carbonyl (C=O) groups is 4. The number of methoxy groups -OCH3 is 3. The number of aliphatic hydroxyl groups excluding tert-OH is 2. The third-order valence-electron chi connectivity index (χ3n) is 9.44. The number of hydrogen-bond donors (Lipinski definition) is 6. The van der Waals surface area contributed by atoms with E-state index in [0.717, 1.165) is 23.8 Å². The van der Waals surface area contributed by atoms with Crippen molar-refractivity contribution in [2.24, 2.45) is 5.73 Å². The van der Waals surface area contributed by atoms with Crippen molar-refractivity contribution in [3.63, 3.8) is 0 Å². The smallest absolute Gasteiger partial charge is 0.339 e. The highest BCUT2D eigenvalue weighted by Gasteiger charge is 2.19. The van der Waals surface area contributed by atoms with E-state index >= 15 is 0 Å². The molecule has 0 spiro atoms. The molecule has 0 fully saturated rings. The SMILES string of the molecule is COc1ccc(Cl)cc1C(=O)NC(C=O)Cc1ccccc1.COc1ccc(Cl)cc1C(=O)NC(CO)Cc1ccccc1.COc1ccc(Cl)cc1C(=O)O.Cl.NC(CO)Cc1ccccc1. The predicted molar refractivity (Wildman–Crippen MR) is 269 cm³/mol. The molecule has 68 heavy (non-hydrogen) atoms. The summed E-state index contributed by atoms with van der Waals surface area (Å²) in [4.78, 5) is 46.5. The van der Waals surface area contributed by atoms with Gasteiger partial charge in [-0.3, -0.25) is 9.59 Å². The van der Waals surface area contributed by atoms with E-state index in [1.54, 1.807) is 36.4 Å². The third-order valence-corrected chi connectivity index (χ3v) is 10.1. The Morgan fingerprint density at radius 3 is 1.29 bits per heavy atom. The monoisotopic (exact) mass is 1010 g/mol. The summed E-state index contributed by atoms with van der Waals surface area (Å²) in [6.45, 7) is -0.0988. The van der Waals surface area contributed by atoms with Gasteiger partial charge in [0, 0.05) is 21.1 Å². The summed E-state index contributed by atoms with van der Waals surface area (Å²) in [6.07, 6.45) is 2.45. The van der Waals surface area contributed by atoms with Gasteiger partial charge in [-0.05, 0) is 90.6 Å². The van der Waals surface area contributed by atoms with Gasteiger partial charge < -0.3 is 50.7 Å². The minimum atomic E-state index is -1.05. The molecule has 7 N–H and O–H groups in total. The van der Waals surface area contributed by atoms with Gasteiger partial charge in [-0.25, -0.2) is 4.79 Å². The number of halogens is 4. The highest BCUT2D eigenvalue weighted by Crippen LogP contribution is 2.25. The summed E-state index contributed by atoms with van der Waals surface area (Å²) >= 11 is 17.4. The Kier molecular flexibility index (Phi) is 27.1. The zero-order chi connectivity index (χ0) is 49.1. The molecular weight excluding hydrogens is 956 g/mol. The first-order valence-corrected chi connectivity index (χ1v) is 21.8. The number of ether oxygens (including phenoxy) is 3. The van der Waals surface area contributed by atoms with E-state index in [4.69, 9.17) is 65.0 Å². The van der Waals surface area contributed by atoms with Crippen LogP contribution in [0, 0.1) is 0 Å². The van der Waals surface area contributed by atoms with Crippen molar-refractivity contribution in [2.45, 2.75) is 37.4 Å². The van der Waals surface area contributed by atoms with Gasteiger partial charge >= 0.3 is 5.97 Å². The van der Waals surface area contributed by atoms with Gasteiger partial charge in [-0.1, -0.05) is 126 Å². The fourth-order valence-electron chi connectivity index (χ4n) is 6.11. The number of aldehydes is 1. The van der Waals surface area contributed by atoms with Gasteiger partial charge in [0.25, 0.3) is 11.8 Å². The maximum absolute atomic E-state index is 12.4. The van der Waals surface area contributed by atoms with E-state index in [0.29, 0.717) is 56.3 Å². The van der Waals surface area contributed by atoms with Crippen molar-refractivity contribution < 1.29 is 48.7 Å². The lowest BCUT2D eigenvalue weighted by atomic mass is 10.1. The molecule has 0 bridgehead atoms. The Balaban J connectivity index is 0.000000324. The minimum absolute atomic E-state index is 0. The van der Waals surface area contributed by atoms with Crippen molar-refractivity contribution in [3.8, 4) is 17.2 Å². The van der Waals surface area contributed by atoms with Gasteiger partial charge in [0.1, 0.15) is 29.1 Å². The second-order valence-corrected chi connectivity index (χ2v) is 15.7. The van der Waals surface area contributed by atoms with E-state index in [1.807, 2.05) is 91.0 Å². The quantitative estimate of drug-likeness (QED) is 0.0477. The number of hydrogen-bond acceptors (Lipinski definition) is 10. The molecule has 0 radical (unpaired) electrons. The molecule has 6 aromatic rings. The lowest BCUT2D eigenvalue weighted by Crippen LogP contribution is -2.39. The number of benzene rings is 6. The zero-order valence-electron chi connectivity index (χ0n) is 37.5. The molecule has 3 atom stereocenters. The highest BCUT2D eigenvalue weighted by atomic mass is 35.5. The number of aromatic carboxylic acids is 1. The van der Waals surface area contributed by atoms with Crippen LogP contribution in [-0.2, 0) is 24.1 Å². The van der Waals surface area contributed by atoms with E-state index < -0.39 is 17.9 Å². The molecule has 6 aromatic carbocycles. The molecule has 0 heterocycles. The number of carboxylic acids is 1. The normalized spacial score (nSPS) is 11.3. The summed E-state index contributed by atoms with van der Waals surface area (Å²) in [5.41, 5.74) is 9.47. The summed E-state index contributed by atoms with van der Waals surface area (Å²) < 4.78 is 15.1. The molecule has 2 amide bonds. The molecule has 0 saturated heterocycles. The van der Waals surface area contributed by atoms with Gasteiger partial charge in [0.2, 0.25) is 0 Å². The first-order valence-electron chi connectivity index (χ1n) is 20.7. The summed E-state index contributed by atoms with van der Waals surface area (Å²) in [5, 5.41) is 33.6. The maximum atomic E-state index is 12.4. The van der Waals surface area contributed by atoms with Crippen LogP contribution in [0.25, 0.3) is 0 Å². The number of aliphatic hydroxyl groups is 2. The summed E-state index contributed by atoms with van der Waals surface area (Å²) in [5.74, 6) is -0.604. The largest absolute Gasteiger partial charge is 0.496 e. The minimum Gasteiger partial charge on any atom is -0.496 e. The molecule has 0 aromatic heterocycles. The molecule has 362 valence electrons. The number of nitrogens with two attached hydrogens (primary N) is 1. The molecule has 13 nitrogen and oxygen atoms in total.